The molecule has 5 rings (SSSR count). The summed E-state index contributed by atoms with van der Waals surface area (Å²) in [5.41, 5.74) is 2.97. The van der Waals surface area contributed by atoms with Crippen molar-refractivity contribution < 1.29 is 9.59 Å². The molecule has 1 aliphatic carbocycles. The molecule has 12 heteroatoms. The molecule has 2 N–H and O–H groups in total. The Bertz CT molecular complexity index is 1490. The molecule has 194 valence electrons. The van der Waals surface area contributed by atoms with Gasteiger partial charge >= 0.3 is 0 Å². The highest BCUT2D eigenvalue weighted by molar-refractivity contribution is 6.53. The fourth-order valence-corrected chi connectivity index (χ4v) is 5.78. The Balaban J connectivity index is 1.24. The molecule has 7 nitrogen and oxygen atoms in total. The number of benzene rings is 3. The quantitative estimate of drug-likeness (QED) is 0.229. The van der Waals surface area contributed by atoms with Gasteiger partial charge in [-0.15, -0.1) is 23.2 Å². The minimum absolute atomic E-state index is 0.209. The molecule has 3 aromatic carbocycles. The van der Waals surface area contributed by atoms with Gasteiger partial charge in [-0.1, -0.05) is 46.9 Å². The van der Waals surface area contributed by atoms with E-state index in [9.17, 15) is 9.59 Å². The van der Waals surface area contributed by atoms with Gasteiger partial charge in [0.1, 0.15) is 17.0 Å². The van der Waals surface area contributed by atoms with Crippen LogP contribution in [0.25, 0.3) is 5.69 Å². The van der Waals surface area contributed by atoms with Gasteiger partial charge < -0.3 is 10.6 Å². The third kappa shape index (κ3) is 5.63. The molecule has 0 bridgehead atoms. The fraction of sp³-hybridized carbons (Fsp3) is 0.154. The van der Waals surface area contributed by atoms with Crippen LogP contribution < -0.4 is 10.6 Å². The zero-order chi connectivity index (χ0) is 27.0. The van der Waals surface area contributed by atoms with E-state index in [2.05, 4.69) is 20.7 Å². The summed E-state index contributed by atoms with van der Waals surface area (Å²) in [6, 6.07) is 17.1. The van der Waals surface area contributed by atoms with Crippen molar-refractivity contribution >= 4 is 75.5 Å². The SMILES string of the molecule is O=C(NCc1ccc(-n2cncn2)cc1)c1cc(NC(=O)C2C(c3cc(Cl)cc(Cl)c3)C2(Cl)Cl)ccc1Cl. The number of nitrogens with zero attached hydrogens (tertiary/aromatic N) is 3. The number of anilines is 1. The highest BCUT2D eigenvalue weighted by Gasteiger charge is 2.67. The third-order valence-electron chi connectivity index (χ3n) is 6.13. The molecule has 38 heavy (non-hydrogen) atoms. The molecule has 2 amide bonds. The molecular weight excluding hydrogens is 592 g/mol. The Labute approximate surface area is 243 Å². The fourth-order valence-electron chi connectivity index (χ4n) is 4.21. The minimum atomic E-state index is -1.33. The van der Waals surface area contributed by atoms with Crippen molar-refractivity contribution in [3.8, 4) is 5.69 Å². The average Bonchev–Trinajstić information content (AvgIpc) is 3.18. The molecule has 0 aliphatic heterocycles. The number of amides is 2. The van der Waals surface area contributed by atoms with Gasteiger partial charge in [0.15, 0.2) is 0 Å². The molecule has 2 atom stereocenters. The number of hydrogen-bond donors (Lipinski definition) is 2. The van der Waals surface area contributed by atoms with Crippen LogP contribution in [0, 0.1) is 5.92 Å². The zero-order valence-electron chi connectivity index (χ0n) is 19.3. The van der Waals surface area contributed by atoms with Gasteiger partial charge in [0.2, 0.25) is 5.91 Å². The van der Waals surface area contributed by atoms with Crippen LogP contribution in [0.5, 0.6) is 0 Å². The summed E-state index contributed by atoms with van der Waals surface area (Å²) in [6.07, 6.45) is 3.05. The number of carbonyl (C=O) groups is 2. The van der Waals surface area contributed by atoms with E-state index in [1.165, 1.54) is 18.5 Å². The molecule has 0 saturated heterocycles. The van der Waals surface area contributed by atoms with Crippen molar-refractivity contribution in [2.75, 3.05) is 5.32 Å². The first-order valence-electron chi connectivity index (χ1n) is 11.3. The number of rotatable bonds is 7. The minimum Gasteiger partial charge on any atom is -0.348 e. The summed E-state index contributed by atoms with van der Waals surface area (Å²) in [5, 5.41) is 10.8. The maximum Gasteiger partial charge on any atom is 0.253 e. The van der Waals surface area contributed by atoms with E-state index in [0.717, 1.165) is 11.3 Å². The molecule has 1 fully saturated rings. The number of carbonyl (C=O) groups excluding carboxylic acids is 2. The van der Waals surface area contributed by atoms with Crippen LogP contribution in [0.3, 0.4) is 0 Å². The Morgan fingerprint density at radius 1 is 0.947 bits per heavy atom. The molecule has 0 spiro atoms. The molecular formula is C26H18Cl5N5O2. The molecule has 0 radical (unpaired) electrons. The lowest BCUT2D eigenvalue weighted by atomic mass is 10.1. The largest absolute Gasteiger partial charge is 0.348 e. The lowest BCUT2D eigenvalue weighted by molar-refractivity contribution is -0.117. The van der Waals surface area contributed by atoms with Crippen molar-refractivity contribution in [2.45, 2.75) is 16.8 Å². The van der Waals surface area contributed by atoms with Crippen molar-refractivity contribution in [1.82, 2.24) is 20.1 Å². The number of aromatic nitrogens is 3. The molecule has 4 aromatic rings. The van der Waals surface area contributed by atoms with Gasteiger partial charge in [-0.3, -0.25) is 9.59 Å². The van der Waals surface area contributed by atoms with Gasteiger partial charge in [0.25, 0.3) is 5.91 Å². The maximum atomic E-state index is 13.0. The smallest absolute Gasteiger partial charge is 0.253 e. The van der Waals surface area contributed by atoms with E-state index >= 15 is 0 Å². The van der Waals surface area contributed by atoms with Crippen LogP contribution in [0.15, 0.2) is 73.3 Å². The van der Waals surface area contributed by atoms with Gasteiger partial charge in [-0.2, -0.15) is 5.10 Å². The predicted octanol–water partition coefficient (Wildman–Crippen LogP) is 6.68. The molecule has 1 heterocycles. The van der Waals surface area contributed by atoms with E-state index in [1.807, 2.05) is 24.3 Å². The van der Waals surface area contributed by atoms with Crippen LogP contribution in [0.2, 0.25) is 15.1 Å². The van der Waals surface area contributed by atoms with Crippen LogP contribution in [-0.4, -0.2) is 30.9 Å². The Morgan fingerprint density at radius 3 is 2.32 bits per heavy atom. The van der Waals surface area contributed by atoms with Gasteiger partial charge in [0.05, 0.1) is 22.2 Å². The van der Waals surface area contributed by atoms with Crippen LogP contribution in [-0.2, 0) is 11.3 Å². The van der Waals surface area contributed by atoms with Gasteiger partial charge in [-0.25, -0.2) is 9.67 Å². The molecule has 2 unspecified atom stereocenters. The highest BCUT2D eigenvalue weighted by atomic mass is 35.5. The maximum absolute atomic E-state index is 13.0. The zero-order valence-corrected chi connectivity index (χ0v) is 23.1. The Morgan fingerprint density at radius 2 is 1.66 bits per heavy atom. The van der Waals surface area contributed by atoms with Crippen molar-refractivity contribution in [1.29, 1.82) is 0 Å². The second-order valence-electron chi connectivity index (χ2n) is 8.71. The van der Waals surface area contributed by atoms with Crippen LogP contribution in [0.1, 0.15) is 27.4 Å². The summed E-state index contributed by atoms with van der Waals surface area (Å²) < 4.78 is 0.308. The van der Waals surface area contributed by atoms with Crippen LogP contribution in [0.4, 0.5) is 5.69 Å². The standard InChI is InChI=1S/C26H18Cl5N5O2/c27-16-7-15(8-17(28)9-16)22-23(26(22,30)31)25(38)35-18-3-6-21(29)20(10-18)24(37)33-11-14-1-4-19(5-2-14)36-13-32-12-34-36/h1-10,12-13,22-23H,11H2,(H,33,37)(H,35,38). The van der Waals surface area contributed by atoms with Crippen molar-refractivity contribution in [3.63, 3.8) is 0 Å². The second kappa shape index (κ2) is 10.8. The van der Waals surface area contributed by atoms with Gasteiger partial charge in [-0.05, 0) is 59.7 Å². The lowest BCUT2D eigenvalue weighted by Gasteiger charge is -2.11. The van der Waals surface area contributed by atoms with Crippen molar-refractivity contribution in [3.05, 3.63) is 105 Å². The summed E-state index contributed by atoms with van der Waals surface area (Å²) in [5.74, 6) is -2.03. The van der Waals surface area contributed by atoms with E-state index in [1.54, 1.807) is 35.3 Å². The molecule has 1 aromatic heterocycles. The van der Waals surface area contributed by atoms with Crippen LogP contribution >= 0.6 is 58.0 Å². The lowest BCUT2D eigenvalue weighted by Crippen LogP contribution is -2.23. The van der Waals surface area contributed by atoms with E-state index in [0.29, 0.717) is 21.3 Å². The van der Waals surface area contributed by atoms with Crippen molar-refractivity contribution in [2.24, 2.45) is 5.92 Å². The summed E-state index contributed by atoms with van der Waals surface area (Å²) >= 11 is 31.4. The van der Waals surface area contributed by atoms with E-state index in [-0.39, 0.29) is 17.1 Å². The topological polar surface area (TPSA) is 88.9 Å². The van der Waals surface area contributed by atoms with E-state index < -0.39 is 28.0 Å². The monoisotopic (exact) mass is 607 g/mol. The summed E-state index contributed by atoms with van der Waals surface area (Å²) in [6.45, 7) is 0.274. The first-order chi connectivity index (χ1) is 18.1. The van der Waals surface area contributed by atoms with E-state index in [4.69, 9.17) is 58.0 Å². The molecule has 1 aliphatic rings. The number of hydrogen-bond acceptors (Lipinski definition) is 4. The average molecular weight is 610 g/mol. The van der Waals surface area contributed by atoms with Gasteiger partial charge in [0, 0.05) is 28.2 Å². The normalized spacial score (nSPS) is 17.6. The number of alkyl halides is 2. The number of nitrogens with one attached hydrogen (secondary N) is 2. The predicted molar refractivity (Wildman–Crippen MR) is 150 cm³/mol. The molecule has 1 saturated carbocycles. The first-order valence-corrected chi connectivity index (χ1v) is 13.2. The number of halogens is 5. The summed E-state index contributed by atoms with van der Waals surface area (Å²) in [4.78, 5) is 29.9. The summed E-state index contributed by atoms with van der Waals surface area (Å²) in [7, 11) is 0. The third-order valence-corrected chi connectivity index (χ3v) is 7.84. The first kappa shape index (κ1) is 26.8. The highest BCUT2D eigenvalue weighted by Crippen LogP contribution is 2.65. The Hall–Kier alpha value is -2.81. The second-order valence-corrected chi connectivity index (χ2v) is 11.4. The Kier molecular flexibility index (Phi) is 7.58.